The second-order valence-electron chi connectivity index (χ2n) is 5.50. The molecule has 1 aliphatic carbocycles. The van der Waals surface area contributed by atoms with Crippen molar-refractivity contribution in [3.05, 3.63) is 51.4 Å². The molecule has 3 rings (SSSR count). The van der Waals surface area contributed by atoms with Gasteiger partial charge < -0.3 is 14.8 Å². The molecular weight excluding hydrogens is 356 g/mol. The summed E-state index contributed by atoms with van der Waals surface area (Å²) in [4.78, 5) is 24.3. The van der Waals surface area contributed by atoms with Crippen LogP contribution < -0.4 is 5.73 Å². The predicted octanol–water partition coefficient (Wildman–Crippen LogP) is 1.91. The highest BCUT2D eigenvalue weighted by atomic mass is 35.5. The summed E-state index contributed by atoms with van der Waals surface area (Å²) in [5.74, 6) is -1.20. The third-order valence-corrected chi connectivity index (χ3v) is 4.57. The lowest BCUT2D eigenvalue weighted by Crippen LogP contribution is -2.17. The van der Waals surface area contributed by atoms with Crippen molar-refractivity contribution in [2.75, 3.05) is 0 Å². The monoisotopic (exact) mass is 367 g/mol. The Bertz CT molecular complexity index is 860. The van der Waals surface area contributed by atoms with E-state index in [-0.39, 0.29) is 33.5 Å². The summed E-state index contributed by atoms with van der Waals surface area (Å²) in [5, 5.41) is 3.70. The normalized spacial score (nSPS) is 15.2. The Morgan fingerprint density at radius 3 is 2.67 bits per heavy atom. The van der Waals surface area contributed by atoms with Crippen LogP contribution in [0.2, 0.25) is 5.02 Å². The van der Waals surface area contributed by atoms with E-state index < -0.39 is 22.8 Å². The highest BCUT2D eigenvalue weighted by Crippen LogP contribution is 2.43. The molecule has 1 aromatic heterocycles. The third kappa shape index (κ3) is 3.26. The maximum atomic E-state index is 12.8. The highest BCUT2D eigenvalue weighted by Gasteiger charge is 2.37. The van der Waals surface area contributed by atoms with Crippen molar-refractivity contribution >= 4 is 34.4 Å². The fraction of sp³-hybridized carbons (Fsp3) is 0.267. The number of nitrogens with two attached hydrogens (primary N) is 1. The van der Waals surface area contributed by atoms with E-state index in [1.54, 1.807) is 0 Å². The van der Waals surface area contributed by atoms with E-state index in [1.165, 1.54) is 18.2 Å². The van der Waals surface area contributed by atoms with E-state index in [4.69, 9.17) is 21.9 Å². The Morgan fingerprint density at radius 2 is 2.12 bits per heavy atom. The van der Waals surface area contributed by atoms with Crippen LogP contribution in [0.15, 0.2) is 22.7 Å². The molecule has 2 N–H and O–H groups in total. The van der Waals surface area contributed by atoms with Gasteiger partial charge in [-0.3, -0.25) is 13.8 Å². The minimum absolute atomic E-state index is 0.0343. The molecule has 0 saturated heterocycles. The maximum absolute atomic E-state index is 12.8. The van der Waals surface area contributed by atoms with Crippen LogP contribution >= 0.6 is 11.6 Å². The molecule has 1 saturated carbocycles. The summed E-state index contributed by atoms with van der Waals surface area (Å²) in [6.07, 6.45) is 1.69. The van der Waals surface area contributed by atoms with E-state index >= 15 is 0 Å². The van der Waals surface area contributed by atoms with Crippen LogP contribution in [0.5, 0.6) is 0 Å². The van der Waals surface area contributed by atoms with Gasteiger partial charge in [0.05, 0.1) is 10.6 Å². The van der Waals surface area contributed by atoms with Gasteiger partial charge in [0.1, 0.15) is 0 Å². The van der Waals surface area contributed by atoms with Gasteiger partial charge in [-0.05, 0) is 30.5 Å². The zero-order valence-corrected chi connectivity index (χ0v) is 13.9. The number of ketones is 1. The van der Waals surface area contributed by atoms with Gasteiger partial charge in [0.2, 0.25) is 5.78 Å². The van der Waals surface area contributed by atoms with Crippen molar-refractivity contribution in [3.63, 3.8) is 0 Å². The Morgan fingerprint density at radius 1 is 1.42 bits per heavy atom. The molecular formula is C15H12ClN2O5S-. The van der Waals surface area contributed by atoms with Gasteiger partial charge in [0.25, 0.3) is 5.91 Å². The average Bonchev–Trinajstić information content (AvgIpc) is 3.24. The standard InChI is InChI=1S/C15H13ClN2O5S/c16-10-5-7(6-24(21)22)1-4-9(10)13(19)11-12(15(17)20)18-23-14(11)8-2-3-8/h1,4-5,8H,2-3,6H2,(H2,17,20)(H,21,22)/p-1. The lowest BCUT2D eigenvalue weighted by Gasteiger charge is -2.08. The second kappa shape index (κ2) is 6.46. The molecule has 1 amide bonds. The SMILES string of the molecule is NC(=O)c1noc(C2CC2)c1C(=O)c1ccc(CS(=O)[O-])cc1Cl. The Labute approximate surface area is 144 Å². The largest absolute Gasteiger partial charge is 0.772 e. The topological polar surface area (TPSA) is 126 Å². The lowest BCUT2D eigenvalue weighted by molar-refractivity contribution is 0.0975. The van der Waals surface area contributed by atoms with Gasteiger partial charge in [0, 0.05) is 17.2 Å². The fourth-order valence-electron chi connectivity index (χ4n) is 2.42. The first kappa shape index (κ1) is 16.8. The first-order chi connectivity index (χ1) is 11.4. The van der Waals surface area contributed by atoms with Crippen molar-refractivity contribution < 1.29 is 22.9 Å². The number of nitrogens with zero attached hydrogens (tertiary/aromatic N) is 1. The summed E-state index contributed by atoms with van der Waals surface area (Å²) >= 11 is 3.85. The maximum Gasteiger partial charge on any atom is 0.271 e. The van der Waals surface area contributed by atoms with Crippen molar-refractivity contribution in [1.82, 2.24) is 5.16 Å². The first-order valence-corrected chi connectivity index (χ1v) is 8.69. The van der Waals surface area contributed by atoms with Crippen LogP contribution in [0, 0.1) is 0 Å². The van der Waals surface area contributed by atoms with Crippen LogP contribution in [0.1, 0.15) is 56.5 Å². The number of benzene rings is 1. The number of primary amides is 1. The van der Waals surface area contributed by atoms with Crippen molar-refractivity contribution in [2.45, 2.75) is 24.5 Å². The number of carbonyl (C=O) groups excluding carboxylic acids is 2. The molecule has 7 nitrogen and oxygen atoms in total. The highest BCUT2D eigenvalue weighted by molar-refractivity contribution is 7.78. The van der Waals surface area contributed by atoms with Crippen molar-refractivity contribution in [3.8, 4) is 0 Å². The Hall–Kier alpha value is -2.03. The smallest absolute Gasteiger partial charge is 0.271 e. The van der Waals surface area contributed by atoms with Crippen LogP contribution in [-0.4, -0.2) is 25.6 Å². The predicted molar refractivity (Wildman–Crippen MR) is 84.5 cm³/mol. The molecule has 1 atom stereocenters. The number of hydrogen-bond acceptors (Lipinski definition) is 6. The summed E-state index contributed by atoms with van der Waals surface area (Å²) in [5.41, 5.74) is 5.66. The number of amides is 1. The first-order valence-electron chi connectivity index (χ1n) is 7.06. The minimum Gasteiger partial charge on any atom is -0.772 e. The number of rotatable bonds is 6. The van der Waals surface area contributed by atoms with Gasteiger partial charge in [-0.1, -0.05) is 33.9 Å². The molecule has 9 heteroatoms. The summed E-state index contributed by atoms with van der Waals surface area (Å²) in [6, 6.07) is 4.31. The molecule has 1 heterocycles. The number of halogens is 1. The molecule has 0 spiro atoms. The molecule has 126 valence electrons. The molecule has 1 aliphatic rings. The van der Waals surface area contributed by atoms with E-state index in [0.29, 0.717) is 11.3 Å². The molecule has 0 radical (unpaired) electrons. The zero-order valence-electron chi connectivity index (χ0n) is 12.3. The zero-order chi connectivity index (χ0) is 17.4. The summed E-state index contributed by atoms with van der Waals surface area (Å²) < 4.78 is 26.6. The van der Waals surface area contributed by atoms with E-state index in [9.17, 15) is 18.4 Å². The Balaban J connectivity index is 2.02. The van der Waals surface area contributed by atoms with E-state index in [1.807, 2.05) is 0 Å². The van der Waals surface area contributed by atoms with E-state index in [2.05, 4.69) is 5.16 Å². The van der Waals surface area contributed by atoms with Crippen LogP contribution in [-0.2, 0) is 16.8 Å². The molecule has 0 aliphatic heterocycles. The minimum atomic E-state index is -2.26. The third-order valence-electron chi connectivity index (χ3n) is 3.69. The quantitative estimate of drug-likeness (QED) is 0.613. The number of carbonyl (C=O) groups is 2. The summed E-state index contributed by atoms with van der Waals surface area (Å²) in [6.45, 7) is 0. The van der Waals surface area contributed by atoms with Crippen molar-refractivity contribution in [1.29, 1.82) is 0 Å². The van der Waals surface area contributed by atoms with Gasteiger partial charge in [-0.25, -0.2) is 0 Å². The summed E-state index contributed by atoms with van der Waals surface area (Å²) in [7, 11) is 0. The molecule has 1 unspecified atom stereocenters. The van der Waals surface area contributed by atoms with Crippen LogP contribution in [0.25, 0.3) is 0 Å². The van der Waals surface area contributed by atoms with Gasteiger partial charge in [-0.15, -0.1) is 0 Å². The van der Waals surface area contributed by atoms with Gasteiger partial charge >= 0.3 is 0 Å². The molecule has 24 heavy (non-hydrogen) atoms. The van der Waals surface area contributed by atoms with Crippen molar-refractivity contribution in [2.24, 2.45) is 5.73 Å². The average molecular weight is 368 g/mol. The molecule has 0 bridgehead atoms. The number of aromatic nitrogens is 1. The molecule has 1 aromatic carbocycles. The number of hydrogen-bond donors (Lipinski definition) is 1. The fourth-order valence-corrected chi connectivity index (χ4v) is 3.16. The molecule has 2 aromatic rings. The Kier molecular flexibility index (Phi) is 4.53. The van der Waals surface area contributed by atoms with Gasteiger partial charge in [0.15, 0.2) is 11.5 Å². The lowest BCUT2D eigenvalue weighted by atomic mass is 9.98. The van der Waals surface area contributed by atoms with Crippen LogP contribution in [0.4, 0.5) is 0 Å². The van der Waals surface area contributed by atoms with Crippen LogP contribution in [0.3, 0.4) is 0 Å². The molecule has 1 fully saturated rings. The van der Waals surface area contributed by atoms with Gasteiger partial charge in [-0.2, -0.15) is 0 Å². The van der Waals surface area contributed by atoms with E-state index in [0.717, 1.165) is 12.8 Å². The second-order valence-corrected chi connectivity index (χ2v) is 6.80.